The van der Waals surface area contributed by atoms with Crippen molar-refractivity contribution < 1.29 is 4.12 Å². The maximum absolute atomic E-state index is 5.91. The van der Waals surface area contributed by atoms with E-state index in [9.17, 15) is 0 Å². The minimum atomic E-state index is -1.20. The van der Waals surface area contributed by atoms with Crippen LogP contribution in [0, 0.1) is 0 Å². The maximum Gasteiger partial charge on any atom is 0.169 e. The Kier molecular flexibility index (Phi) is 8.86. The van der Waals surface area contributed by atoms with E-state index in [0.29, 0.717) is 0 Å². The van der Waals surface area contributed by atoms with Gasteiger partial charge in [0.25, 0.3) is 0 Å². The van der Waals surface area contributed by atoms with Crippen LogP contribution in [0.2, 0.25) is 25.7 Å². The first-order valence-electron chi connectivity index (χ1n) is 5.91. The van der Waals surface area contributed by atoms with Gasteiger partial charge < -0.3 is 9.43 Å². The molecule has 0 aliphatic rings. The zero-order chi connectivity index (χ0) is 10.9. The van der Waals surface area contributed by atoms with Gasteiger partial charge in [0.15, 0.2) is 8.32 Å². The molecule has 0 saturated carbocycles. The van der Waals surface area contributed by atoms with E-state index in [1.807, 2.05) is 0 Å². The van der Waals surface area contributed by atoms with Gasteiger partial charge in [-0.3, -0.25) is 0 Å². The van der Waals surface area contributed by atoms with Gasteiger partial charge in [-0.2, -0.15) is 0 Å². The number of rotatable bonds is 9. The lowest BCUT2D eigenvalue weighted by molar-refractivity contribution is 0.581. The molecule has 0 radical (unpaired) electrons. The summed E-state index contributed by atoms with van der Waals surface area (Å²) in [6.45, 7) is 11.4. The zero-order valence-electron chi connectivity index (χ0n) is 10.4. The van der Waals surface area contributed by atoms with Crippen molar-refractivity contribution in [2.24, 2.45) is 0 Å². The van der Waals surface area contributed by atoms with Crippen LogP contribution in [0.4, 0.5) is 0 Å². The van der Waals surface area contributed by atoms with Crippen LogP contribution in [0.1, 0.15) is 26.2 Å². The third-order valence-electron chi connectivity index (χ3n) is 1.99. The molecule has 1 N–H and O–H groups in total. The second-order valence-electron chi connectivity index (χ2n) is 4.77. The van der Waals surface area contributed by atoms with Gasteiger partial charge in [-0.15, -0.1) is 0 Å². The van der Waals surface area contributed by atoms with Crippen LogP contribution in [-0.2, 0) is 4.12 Å². The lowest BCUT2D eigenvalue weighted by Gasteiger charge is -2.17. The average Bonchev–Trinajstić information content (AvgIpc) is 2.08. The minimum Gasteiger partial charge on any atom is -0.461 e. The summed E-state index contributed by atoms with van der Waals surface area (Å²) in [6.07, 6.45) is 3.91. The maximum atomic E-state index is 5.91. The fourth-order valence-electron chi connectivity index (χ4n) is 1.16. The van der Waals surface area contributed by atoms with Crippen molar-refractivity contribution in [3.05, 3.63) is 0 Å². The SMILES string of the molecule is CCCCNCCC[SiH2]O[Si](C)(C)C. The molecule has 0 unspecified atom stereocenters. The predicted molar refractivity (Wildman–Crippen MR) is 70.2 cm³/mol. The van der Waals surface area contributed by atoms with Crippen molar-refractivity contribution in [2.75, 3.05) is 13.1 Å². The van der Waals surface area contributed by atoms with Gasteiger partial charge >= 0.3 is 0 Å². The molecule has 0 saturated heterocycles. The van der Waals surface area contributed by atoms with E-state index in [1.54, 1.807) is 0 Å². The number of unbranched alkanes of at least 4 members (excludes halogenated alkanes) is 1. The molecule has 0 amide bonds. The Morgan fingerprint density at radius 2 is 1.79 bits per heavy atom. The van der Waals surface area contributed by atoms with Gasteiger partial charge in [0.1, 0.15) is 9.76 Å². The highest BCUT2D eigenvalue weighted by molar-refractivity contribution is 6.73. The largest absolute Gasteiger partial charge is 0.461 e. The molecule has 0 fully saturated rings. The van der Waals surface area contributed by atoms with Crippen LogP contribution >= 0.6 is 0 Å². The summed E-state index contributed by atoms with van der Waals surface area (Å²) in [5.41, 5.74) is 0. The Bertz CT molecular complexity index is 126. The molecule has 2 nitrogen and oxygen atoms in total. The molecule has 0 heterocycles. The van der Waals surface area contributed by atoms with Crippen LogP contribution in [-0.4, -0.2) is 31.2 Å². The Morgan fingerprint density at radius 1 is 1.14 bits per heavy atom. The first kappa shape index (κ1) is 14.4. The normalized spacial score (nSPS) is 12.9. The summed E-state index contributed by atoms with van der Waals surface area (Å²) in [6, 6.07) is 1.34. The molecule has 0 aliphatic heterocycles. The monoisotopic (exact) mass is 233 g/mol. The van der Waals surface area contributed by atoms with E-state index in [2.05, 4.69) is 31.9 Å². The number of hydrogen-bond donors (Lipinski definition) is 1. The van der Waals surface area contributed by atoms with Crippen molar-refractivity contribution in [2.45, 2.75) is 51.9 Å². The van der Waals surface area contributed by atoms with E-state index in [-0.39, 0.29) is 9.76 Å². The molecular weight excluding hydrogens is 206 g/mol. The molecule has 0 aromatic rings. The highest BCUT2D eigenvalue weighted by Gasteiger charge is 2.12. The molecule has 0 spiro atoms. The number of hydrogen-bond acceptors (Lipinski definition) is 2. The van der Waals surface area contributed by atoms with Crippen LogP contribution in [0.15, 0.2) is 0 Å². The predicted octanol–water partition coefficient (Wildman–Crippen LogP) is 2.12. The molecule has 0 aromatic carbocycles. The molecular formula is C10H27NOSi2. The first-order valence-corrected chi connectivity index (χ1v) is 10.9. The molecule has 4 heteroatoms. The minimum absolute atomic E-state index is 0.211. The average molecular weight is 234 g/mol. The topological polar surface area (TPSA) is 21.3 Å². The summed E-state index contributed by atoms with van der Waals surface area (Å²) in [5, 5.41) is 3.46. The van der Waals surface area contributed by atoms with Crippen molar-refractivity contribution in [1.82, 2.24) is 5.32 Å². The second-order valence-corrected chi connectivity index (χ2v) is 11.3. The molecule has 0 atom stereocenters. The van der Waals surface area contributed by atoms with E-state index in [1.165, 1.54) is 38.4 Å². The molecule has 0 aromatic heterocycles. The van der Waals surface area contributed by atoms with Crippen molar-refractivity contribution in [3.63, 3.8) is 0 Å². The smallest absolute Gasteiger partial charge is 0.169 e. The fraction of sp³-hybridized carbons (Fsp3) is 1.00. The van der Waals surface area contributed by atoms with Gasteiger partial charge in [0.2, 0.25) is 0 Å². The van der Waals surface area contributed by atoms with Gasteiger partial charge in [-0.05, 0) is 51.6 Å². The summed E-state index contributed by atoms with van der Waals surface area (Å²) < 4.78 is 5.91. The Hall–Kier alpha value is 0.354. The highest BCUT2D eigenvalue weighted by atomic mass is 28.4. The van der Waals surface area contributed by atoms with Gasteiger partial charge in [-0.1, -0.05) is 13.3 Å². The Balaban J connectivity index is 2.99. The van der Waals surface area contributed by atoms with Crippen LogP contribution in [0.25, 0.3) is 0 Å². The summed E-state index contributed by atoms with van der Waals surface area (Å²) in [7, 11) is -1.41. The van der Waals surface area contributed by atoms with E-state index < -0.39 is 8.32 Å². The van der Waals surface area contributed by atoms with Crippen molar-refractivity contribution >= 4 is 18.1 Å². The van der Waals surface area contributed by atoms with E-state index in [4.69, 9.17) is 4.12 Å². The first-order chi connectivity index (χ1) is 6.56. The van der Waals surface area contributed by atoms with Gasteiger partial charge in [0, 0.05) is 0 Å². The van der Waals surface area contributed by atoms with E-state index in [0.717, 1.165) is 0 Å². The van der Waals surface area contributed by atoms with E-state index >= 15 is 0 Å². The summed E-state index contributed by atoms with van der Waals surface area (Å²) in [5.74, 6) is 0. The standard InChI is InChI=1S/C10H27NOSi2/c1-5-6-8-11-9-7-10-13-12-14(2,3)4/h11H,5-10,13H2,1-4H3. The Labute approximate surface area is 92.9 Å². The zero-order valence-corrected chi connectivity index (χ0v) is 12.8. The quantitative estimate of drug-likeness (QED) is 0.487. The molecule has 0 rings (SSSR count). The van der Waals surface area contributed by atoms with Crippen LogP contribution in [0.5, 0.6) is 0 Å². The van der Waals surface area contributed by atoms with Crippen LogP contribution < -0.4 is 5.32 Å². The lowest BCUT2D eigenvalue weighted by atomic mass is 10.3. The molecule has 0 bridgehead atoms. The highest BCUT2D eigenvalue weighted by Crippen LogP contribution is 2.02. The van der Waals surface area contributed by atoms with Crippen LogP contribution in [0.3, 0.4) is 0 Å². The van der Waals surface area contributed by atoms with Gasteiger partial charge in [0.05, 0.1) is 0 Å². The Morgan fingerprint density at radius 3 is 2.36 bits per heavy atom. The third kappa shape index (κ3) is 12.4. The number of nitrogens with one attached hydrogen (secondary N) is 1. The van der Waals surface area contributed by atoms with Gasteiger partial charge in [-0.25, -0.2) is 0 Å². The molecule has 14 heavy (non-hydrogen) atoms. The summed E-state index contributed by atoms with van der Waals surface area (Å²) >= 11 is 0. The second kappa shape index (κ2) is 8.65. The lowest BCUT2D eigenvalue weighted by Crippen LogP contribution is -2.27. The molecule has 0 aliphatic carbocycles. The fourth-order valence-corrected chi connectivity index (χ4v) is 4.64. The summed E-state index contributed by atoms with van der Waals surface area (Å²) in [4.78, 5) is 0. The molecule has 86 valence electrons. The van der Waals surface area contributed by atoms with Crippen molar-refractivity contribution in [1.29, 1.82) is 0 Å². The third-order valence-corrected chi connectivity index (χ3v) is 7.06. The van der Waals surface area contributed by atoms with Crippen molar-refractivity contribution in [3.8, 4) is 0 Å².